The number of rotatable bonds is 6. The zero-order chi connectivity index (χ0) is 13.9. The van der Waals surface area contributed by atoms with Crippen molar-refractivity contribution >= 4 is 19.2 Å². The summed E-state index contributed by atoms with van der Waals surface area (Å²) < 4.78 is 0. The first-order chi connectivity index (χ1) is 7.87. The lowest BCUT2D eigenvalue weighted by atomic mass is 10.5. The van der Waals surface area contributed by atoms with Crippen molar-refractivity contribution < 1.29 is 19.8 Å². The topological polar surface area (TPSA) is 74.6 Å². The van der Waals surface area contributed by atoms with Gasteiger partial charge in [-0.3, -0.25) is 0 Å². The minimum Gasteiger partial charge on any atom is -0.478 e. The van der Waals surface area contributed by atoms with Crippen molar-refractivity contribution in [3.05, 3.63) is 12.2 Å². The van der Waals surface area contributed by atoms with Gasteiger partial charge >= 0.3 is 11.9 Å². The lowest BCUT2D eigenvalue weighted by Gasteiger charge is -2.20. The third-order valence-corrected chi connectivity index (χ3v) is 8.42. The van der Waals surface area contributed by atoms with E-state index in [9.17, 15) is 9.59 Å². The highest BCUT2D eigenvalue weighted by Crippen LogP contribution is 2.57. The molecule has 0 atom stereocenters. The molecule has 0 radical (unpaired) electrons. The van der Waals surface area contributed by atoms with Gasteiger partial charge in [-0.1, -0.05) is 0 Å². The van der Waals surface area contributed by atoms with Gasteiger partial charge in [-0.2, -0.15) is 0 Å². The Kier molecular flexibility index (Phi) is 11.2. The van der Waals surface area contributed by atoms with Crippen LogP contribution in [0.3, 0.4) is 0 Å². The highest BCUT2D eigenvalue weighted by molar-refractivity contribution is 7.75. The summed E-state index contributed by atoms with van der Waals surface area (Å²) in [7, 11) is -0.420. The fraction of sp³-hybridized carbons (Fsp3) is 0.667. The maximum absolute atomic E-state index is 9.55. The molecule has 0 heterocycles. The molecule has 0 aliphatic rings. The maximum Gasteiger partial charge on any atom is 0.328 e. The molecule has 17 heavy (non-hydrogen) atoms. The zero-order valence-corrected chi connectivity index (χ0v) is 12.0. The Morgan fingerprint density at radius 2 is 1.06 bits per heavy atom. The average Bonchev–Trinajstić information content (AvgIpc) is 2.31. The fourth-order valence-electron chi connectivity index (χ4n) is 1.48. The van der Waals surface area contributed by atoms with Crippen LogP contribution in [0.15, 0.2) is 12.2 Å². The first-order valence-corrected chi connectivity index (χ1v) is 8.39. The minimum atomic E-state index is -1.26. The second-order valence-electron chi connectivity index (χ2n) is 3.62. The van der Waals surface area contributed by atoms with Gasteiger partial charge in [0.15, 0.2) is 0 Å². The molecule has 0 aromatic rings. The van der Waals surface area contributed by atoms with Gasteiger partial charge in [0.2, 0.25) is 0 Å². The maximum atomic E-state index is 9.55. The van der Waals surface area contributed by atoms with Gasteiger partial charge in [0.25, 0.3) is 0 Å². The molecule has 0 fully saturated rings. The van der Waals surface area contributed by atoms with Gasteiger partial charge in [0.05, 0.1) is 24.6 Å². The molecule has 4 nitrogen and oxygen atoms in total. The van der Waals surface area contributed by atoms with Gasteiger partial charge in [-0.25, -0.2) is 9.59 Å². The SMILES string of the molecule is CC[P+](CC)(CC)CC.O=C(O)/C=C\C(=O)O. The predicted molar refractivity (Wildman–Crippen MR) is 73.5 cm³/mol. The Labute approximate surface area is 104 Å². The summed E-state index contributed by atoms with van der Waals surface area (Å²) >= 11 is 0. The molecule has 5 heteroatoms. The largest absolute Gasteiger partial charge is 0.478 e. The van der Waals surface area contributed by atoms with Crippen LogP contribution in [0.2, 0.25) is 0 Å². The van der Waals surface area contributed by atoms with Crippen LogP contribution in [-0.2, 0) is 9.59 Å². The molecule has 0 spiro atoms. The second-order valence-corrected chi connectivity index (χ2v) is 8.83. The lowest BCUT2D eigenvalue weighted by Crippen LogP contribution is -2.04. The summed E-state index contributed by atoms with van der Waals surface area (Å²) in [5, 5.41) is 15.6. The number of carbonyl (C=O) groups is 2. The highest BCUT2D eigenvalue weighted by Gasteiger charge is 2.27. The molecule has 0 aromatic heterocycles. The molecule has 2 N–H and O–H groups in total. The van der Waals surface area contributed by atoms with E-state index < -0.39 is 19.2 Å². The van der Waals surface area contributed by atoms with Crippen molar-refractivity contribution in [2.24, 2.45) is 0 Å². The molecule has 0 amide bonds. The van der Waals surface area contributed by atoms with E-state index in [1.54, 1.807) is 0 Å². The zero-order valence-electron chi connectivity index (χ0n) is 11.1. The molecular formula is C12H24O4P+. The van der Waals surface area contributed by atoms with Crippen molar-refractivity contribution in [3.63, 3.8) is 0 Å². The number of hydrogen-bond acceptors (Lipinski definition) is 2. The Bertz CT molecular complexity index is 224. The number of carboxylic acids is 2. The lowest BCUT2D eigenvalue weighted by molar-refractivity contribution is -0.134. The molecule has 0 aromatic carbocycles. The molecule has 100 valence electrons. The summed E-state index contributed by atoms with van der Waals surface area (Å²) in [6, 6.07) is 0. The van der Waals surface area contributed by atoms with E-state index in [0.717, 1.165) is 0 Å². The van der Waals surface area contributed by atoms with E-state index in [2.05, 4.69) is 27.7 Å². The van der Waals surface area contributed by atoms with E-state index in [1.807, 2.05) is 0 Å². The van der Waals surface area contributed by atoms with E-state index in [0.29, 0.717) is 12.2 Å². The normalized spacial score (nSPS) is 10.8. The predicted octanol–water partition coefficient (Wildman–Crippen LogP) is 2.80. The standard InChI is InChI=1S/C8H20P.C4H4O4/c1-5-9(6-2,7-3)8-4;5-3(6)1-2-4(7)8/h5-8H2,1-4H3;1-2H,(H,5,6)(H,7,8)/q+1;/b;2-1-. The smallest absolute Gasteiger partial charge is 0.328 e. The van der Waals surface area contributed by atoms with Crippen LogP contribution in [0.4, 0.5) is 0 Å². The number of aliphatic carboxylic acids is 2. The Balaban J connectivity index is 0. The molecule has 0 saturated carbocycles. The first kappa shape index (κ1) is 18.5. The van der Waals surface area contributed by atoms with Gasteiger partial charge < -0.3 is 10.2 Å². The Morgan fingerprint density at radius 1 is 0.824 bits per heavy atom. The molecule has 0 saturated heterocycles. The number of hydrogen-bond donors (Lipinski definition) is 2. The molecule has 0 rings (SSSR count). The van der Waals surface area contributed by atoms with Gasteiger partial charge in [-0.15, -0.1) is 0 Å². The number of carboxylic acid groups (broad SMARTS) is 2. The van der Waals surface area contributed by atoms with E-state index in [-0.39, 0.29) is 0 Å². The summed E-state index contributed by atoms with van der Waals surface area (Å²) in [5.74, 6) is -2.51. The minimum absolute atomic E-state index is 0.420. The Morgan fingerprint density at radius 3 is 1.12 bits per heavy atom. The first-order valence-electron chi connectivity index (χ1n) is 5.86. The van der Waals surface area contributed by atoms with Crippen LogP contribution in [-0.4, -0.2) is 46.8 Å². The molecule has 0 aliphatic carbocycles. The van der Waals surface area contributed by atoms with Crippen LogP contribution >= 0.6 is 7.26 Å². The third-order valence-electron chi connectivity index (χ3n) is 3.05. The fourth-order valence-corrected chi connectivity index (χ4v) is 4.17. The van der Waals surface area contributed by atoms with Crippen molar-refractivity contribution in [1.82, 2.24) is 0 Å². The van der Waals surface area contributed by atoms with Crippen molar-refractivity contribution in [1.29, 1.82) is 0 Å². The average molecular weight is 263 g/mol. The van der Waals surface area contributed by atoms with Crippen LogP contribution in [0.5, 0.6) is 0 Å². The second kappa shape index (κ2) is 10.3. The van der Waals surface area contributed by atoms with Crippen molar-refractivity contribution in [2.45, 2.75) is 27.7 Å². The Hall–Kier alpha value is -0.890. The van der Waals surface area contributed by atoms with Crippen LogP contribution in [0, 0.1) is 0 Å². The monoisotopic (exact) mass is 263 g/mol. The molecular weight excluding hydrogens is 239 g/mol. The van der Waals surface area contributed by atoms with Gasteiger partial charge in [-0.05, 0) is 27.7 Å². The van der Waals surface area contributed by atoms with Gasteiger partial charge in [0.1, 0.15) is 0 Å². The summed E-state index contributed by atoms with van der Waals surface area (Å²) in [6.07, 6.45) is 6.94. The van der Waals surface area contributed by atoms with Crippen molar-refractivity contribution in [2.75, 3.05) is 24.6 Å². The quantitative estimate of drug-likeness (QED) is 0.570. The van der Waals surface area contributed by atoms with Crippen LogP contribution in [0.25, 0.3) is 0 Å². The van der Waals surface area contributed by atoms with E-state index in [1.165, 1.54) is 24.6 Å². The summed E-state index contributed by atoms with van der Waals surface area (Å²) in [6.45, 7) is 9.41. The van der Waals surface area contributed by atoms with Gasteiger partial charge in [0, 0.05) is 19.4 Å². The molecule has 0 bridgehead atoms. The summed E-state index contributed by atoms with van der Waals surface area (Å²) in [4.78, 5) is 19.1. The highest BCUT2D eigenvalue weighted by atomic mass is 31.2. The van der Waals surface area contributed by atoms with Crippen molar-refractivity contribution in [3.8, 4) is 0 Å². The van der Waals surface area contributed by atoms with Crippen LogP contribution in [0.1, 0.15) is 27.7 Å². The van der Waals surface area contributed by atoms with E-state index in [4.69, 9.17) is 10.2 Å². The van der Waals surface area contributed by atoms with E-state index >= 15 is 0 Å². The summed E-state index contributed by atoms with van der Waals surface area (Å²) in [5.41, 5.74) is 0. The third kappa shape index (κ3) is 10.0. The molecule has 0 unspecified atom stereocenters. The molecule has 0 aliphatic heterocycles. The van der Waals surface area contributed by atoms with Crippen LogP contribution < -0.4 is 0 Å².